The third kappa shape index (κ3) is 4.06. The van der Waals surface area contributed by atoms with E-state index in [-0.39, 0.29) is 17.9 Å². The summed E-state index contributed by atoms with van der Waals surface area (Å²) in [6, 6.07) is 3.09. The zero-order valence-corrected chi connectivity index (χ0v) is 10.9. The highest BCUT2D eigenvalue weighted by Gasteiger charge is 2.07. The molecule has 1 heterocycles. The van der Waals surface area contributed by atoms with E-state index in [1.807, 2.05) is 18.4 Å². The fourth-order valence-electron chi connectivity index (χ4n) is 1.65. The summed E-state index contributed by atoms with van der Waals surface area (Å²) in [5, 5.41) is 2.86. The van der Waals surface area contributed by atoms with Crippen molar-refractivity contribution in [2.45, 2.75) is 34.2 Å². The van der Waals surface area contributed by atoms with E-state index in [4.69, 9.17) is 0 Å². The van der Waals surface area contributed by atoms with Crippen molar-refractivity contribution in [2.24, 2.45) is 5.92 Å². The average Bonchev–Trinajstić information content (AvgIpc) is 2.20. The monoisotopic (exact) mass is 236 g/mol. The SMILES string of the molecule is Cc1cc(=O)cc(C)n1CC(=O)NCC(C)C. The lowest BCUT2D eigenvalue weighted by Gasteiger charge is -2.14. The molecule has 0 radical (unpaired) electrons. The van der Waals surface area contributed by atoms with E-state index in [9.17, 15) is 9.59 Å². The summed E-state index contributed by atoms with van der Waals surface area (Å²) in [7, 11) is 0. The zero-order valence-electron chi connectivity index (χ0n) is 10.9. The maximum absolute atomic E-state index is 11.7. The van der Waals surface area contributed by atoms with Gasteiger partial charge in [-0.25, -0.2) is 0 Å². The molecule has 0 spiro atoms. The highest BCUT2D eigenvalue weighted by molar-refractivity contribution is 5.75. The Morgan fingerprint density at radius 2 is 1.82 bits per heavy atom. The summed E-state index contributed by atoms with van der Waals surface area (Å²) in [5.41, 5.74) is 1.61. The minimum absolute atomic E-state index is 0.0150. The normalized spacial score (nSPS) is 10.6. The molecule has 0 bridgehead atoms. The number of amides is 1. The Bertz CT molecular complexity index is 435. The van der Waals surface area contributed by atoms with Gasteiger partial charge in [0.25, 0.3) is 0 Å². The van der Waals surface area contributed by atoms with E-state index in [0.29, 0.717) is 12.5 Å². The molecular weight excluding hydrogens is 216 g/mol. The molecule has 1 aromatic heterocycles. The highest BCUT2D eigenvalue weighted by Crippen LogP contribution is 2.01. The fraction of sp³-hybridized carbons (Fsp3) is 0.538. The van der Waals surface area contributed by atoms with Crippen molar-refractivity contribution < 1.29 is 4.79 Å². The van der Waals surface area contributed by atoms with E-state index in [2.05, 4.69) is 19.2 Å². The molecule has 0 unspecified atom stereocenters. The smallest absolute Gasteiger partial charge is 0.239 e. The van der Waals surface area contributed by atoms with Gasteiger partial charge in [0, 0.05) is 30.1 Å². The van der Waals surface area contributed by atoms with Crippen molar-refractivity contribution in [3.63, 3.8) is 0 Å². The number of pyridine rings is 1. The zero-order chi connectivity index (χ0) is 13.0. The van der Waals surface area contributed by atoms with Crippen molar-refractivity contribution >= 4 is 5.91 Å². The average molecular weight is 236 g/mol. The van der Waals surface area contributed by atoms with Crippen LogP contribution in [0.3, 0.4) is 0 Å². The first kappa shape index (κ1) is 13.5. The first-order chi connectivity index (χ1) is 7.90. The van der Waals surface area contributed by atoms with Crippen LogP contribution in [0.1, 0.15) is 25.2 Å². The number of nitrogens with one attached hydrogen (secondary N) is 1. The van der Waals surface area contributed by atoms with Gasteiger partial charge in [-0.05, 0) is 19.8 Å². The first-order valence-electron chi connectivity index (χ1n) is 5.85. The summed E-state index contributed by atoms with van der Waals surface area (Å²) >= 11 is 0. The molecule has 0 saturated heterocycles. The number of carbonyl (C=O) groups is 1. The Hall–Kier alpha value is -1.58. The molecule has 0 aliphatic heterocycles. The number of hydrogen-bond acceptors (Lipinski definition) is 2. The second-order valence-corrected chi connectivity index (χ2v) is 4.76. The molecule has 17 heavy (non-hydrogen) atoms. The van der Waals surface area contributed by atoms with Gasteiger partial charge in [0.2, 0.25) is 5.91 Å². The predicted octanol–water partition coefficient (Wildman–Crippen LogP) is 1.24. The van der Waals surface area contributed by atoms with Gasteiger partial charge in [0.05, 0.1) is 0 Å². The van der Waals surface area contributed by atoms with E-state index in [1.165, 1.54) is 0 Å². The molecule has 1 aromatic rings. The van der Waals surface area contributed by atoms with Crippen LogP contribution >= 0.6 is 0 Å². The van der Waals surface area contributed by atoms with Gasteiger partial charge in [0.1, 0.15) is 6.54 Å². The number of aromatic nitrogens is 1. The molecule has 4 heteroatoms. The minimum Gasteiger partial charge on any atom is -0.354 e. The summed E-state index contributed by atoms with van der Waals surface area (Å²) in [6.07, 6.45) is 0. The number of rotatable bonds is 4. The van der Waals surface area contributed by atoms with Crippen molar-refractivity contribution in [2.75, 3.05) is 6.54 Å². The van der Waals surface area contributed by atoms with Gasteiger partial charge in [-0.2, -0.15) is 0 Å². The Kier molecular flexibility index (Phi) is 4.49. The Morgan fingerprint density at radius 1 is 1.29 bits per heavy atom. The number of aryl methyl sites for hydroxylation is 2. The summed E-state index contributed by atoms with van der Waals surface area (Å²) in [5.74, 6) is 0.420. The van der Waals surface area contributed by atoms with Crippen LogP contribution in [0.25, 0.3) is 0 Å². The van der Waals surface area contributed by atoms with Gasteiger partial charge in [-0.15, -0.1) is 0 Å². The van der Waals surface area contributed by atoms with Crippen LogP contribution in [0.5, 0.6) is 0 Å². The molecular formula is C13H20N2O2. The van der Waals surface area contributed by atoms with Crippen LogP contribution in [-0.2, 0) is 11.3 Å². The summed E-state index contributed by atoms with van der Waals surface area (Å²) in [6.45, 7) is 8.72. The Morgan fingerprint density at radius 3 is 2.29 bits per heavy atom. The summed E-state index contributed by atoms with van der Waals surface area (Å²) < 4.78 is 1.84. The number of hydrogen-bond donors (Lipinski definition) is 1. The van der Waals surface area contributed by atoms with Crippen LogP contribution in [0.2, 0.25) is 0 Å². The molecule has 94 valence electrons. The second-order valence-electron chi connectivity index (χ2n) is 4.76. The predicted molar refractivity (Wildman–Crippen MR) is 68.0 cm³/mol. The lowest BCUT2D eigenvalue weighted by molar-refractivity contribution is -0.121. The van der Waals surface area contributed by atoms with E-state index < -0.39 is 0 Å². The Balaban J connectivity index is 2.75. The largest absolute Gasteiger partial charge is 0.354 e. The van der Waals surface area contributed by atoms with Crippen LogP contribution in [0, 0.1) is 19.8 Å². The molecule has 1 amide bonds. The molecule has 0 aliphatic carbocycles. The molecule has 0 fully saturated rings. The van der Waals surface area contributed by atoms with Crippen LogP contribution < -0.4 is 10.7 Å². The molecule has 0 aromatic carbocycles. The van der Waals surface area contributed by atoms with Crippen LogP contribution in [-0.4, -0.2) is 17.0 Å². The molecule has 4 nitrogen and oxygen atoms in total. The lowest BCUT2D eigenvalue weighted by Crippen LogP contribution is -2.32. The number of nitrogens with zero attached hydrogens (tertiary/aromatic N) is 1. The number of carbonyl (C=O) groups excluding carboxylic acids is 1. The molecule has 1 rings (SSSR count). The van der Waals surface area contributed by atoms with Gasteiger partial charge in [-0.3, -0.25) is 9.59 Å². The maximum atomic E-state index is 11.7. The van der Waals surface area contributed by atoms with E-state index in [0.717, 1.165) is 11.4 Å². The third-order valence-corrected chi connectivity index (χ3v) is 2.56. The quantitative estimate of drug-likeness (QED) is 0.855. The third-order valence-electron chi connectivity index (χ3n) is 2.56. The van der Waals surface area contributed by atoms with Crippen molar-refractivity contribution in [3.05, 3.63) is 33.7 Å². The van der Waals surface area contributed by atoms with Gasteiger partial charge < -0.3 is 9.88 Å². The second kappa shape index (κ2) is 5.66. The molecule has 0 atom stereocenters. The standard InChI is InChI=1S/C13H20N2O2/c1-9(2)7-14-13(17)8-15-10(3)5-12(16)6-11(15)4/h5-6,9H,7-8H2,1-4H3,(H,14,17). The first-order valence-corrected chi connectivity index (χ1v) is 5.85. The van der Waals surface area contributed by atoms with Crippen LogP contribution in [0.4, 0.5) is 0 Å². The Labute approximate surface area is 102 Å². The van der Waals surface area contributed by atoms with E-state index >= 15 is 0 Å². The van der Waals surface area contributed by atoms with Crippen molar-refractivity contribution in [1.82, 2.24) is 9.88 Å². The summed E-state index contributed by atoms with van der Waals surface area (Å²) in [4.78, 5) is 22.9. The highest BCUT2D eigenvalue weighted by atomic mass is 16.2. The van der Waals surface area contributed by atoms with Crippen molar-refractivity contribution in [1.29, 1.82) is 0 Å². The molecule has 0 saturated carbocycles. The van der Waals surface area contributed by atoms with Gasteiger partial charge in [-0.1, -0.05) is 13.8 Å². The molecule has 0 aliphatic rings. The maximum Gasteiger partial charge on any atom is 0.239 e. The van der Waals surface area contributed by atoms with E-state index in [1.54, 1.807) is 12.1 Å². The lowest BCUT2D eigenvalue weighted by atomic mass is 10.2. The minimum atomic E-state index is -0.0199. The van der Waals surface area contributed by atoms with Gasteiger partial charge in [0.15, 0.2) is 5.43 Å². The topological polar surface area (TPSA) is 51.1 Å². The molecule has 1 N–H and O–H groups in total. The van der Waals surface area contributed by atoms with Crippen LogP contribution in [0.15, 0.2) is 16.9 Å². The van der Waals surface area contributed by atoms with Crippen molar-refractivity contribution in [3.8, 4) is 0 Å². The fourth-order valence-corrected chi connectivity index (χ4v) is 1.65. The van der Waals surface area contributed by atoms with Gasteiger partial charge >= 0.3 is 0 Å².